The number of rotatable bonds is 4. The molecule has 2 N–H and O–H groups in total. The van der Waals surface area contributed by atoms with Crippen LogP contribution in [0.5, 0.6) is 0 Å². The van der Waals surface area contributed by atoms with Crippen molar-refractivity contribution in [3.8, 4) is 0 Å². The van der Waals surface area contributed by atoms with Gasteiger partial charge in [-0.05, 0) is 44.5 Å². The lowest BCUT2D eigenvalue weighted by molar-refractivity contribution is 0.707. The lowest BCUT2D eigenvalue weighted by atomic mass is 10.2. The number of nitrogens with two attached hydrogens (primary N) is 1. The minimum atomic E-state index is 0.756. The van der Waals surface area contributed by atoms with E-state index in [2.05, 4.69) is 51.7 Å². The first-order chi connectivity index (χ1) is 7.77. The van der Waals surface area contributed by atoms with Crippen LogP contribution in [-0.2, 0) is 13.0 Å². The molecule has 2 aromatic rings. The highest BCUT2D eigenvalue weighted by molar-refractivity contribution is 9.10. The summed E-state index contributed by atoms with van der Waals surface area (Å²) in [6.45, 7) is 3.96. The second-order valence-corrected chi connectivity index (χ2v) is 4.80. The molecule has 0 radical (unpaired) electrons. The Morgan fingerprint density at radius 2 is 2.19 bits per heavy atom. The Balaban J connectivity index is 2.52. The largest absolute Gasteiger partial charge is 0.345 e. The topological polar surface area (TPSA) is 30.9 Å². The summed E-state index contributed by atoms with van der Waals surface area (Å²) in [5, 5.41) is 1.30. The normalized spacial score (nSPS) is 11.2. The molecule has 0 amide bonds. The molecular weight excluding hydrogens is 264 g/mol. The van der Waals surface area contributed by atoms with Crippen molar-refractivity contribution in [1.82, 2.24) is 4.57 Å². The Kier molecular flexibility index (Phi) is 3.66. The lowest BCUT2D eigenvalue weighted by Crippen LogP contribution is -2.05. The minimum absolute atomic E-state index is 0.756. The van der Waals surface area contributed by atoms with Crippen LogP contribution in [0.4, 0.5) is 0 Å². The highest BCUT2D eigenvalue weighted by Gasteiger charge is 2.08. The Labute approximate surface area is 105 Å². The van der Waals surface area contributed by atoms with Crippen LogP contribution in [0.2, 0.25) is 0 Å². The van der Waals surface area contributed by atoms with Crippen LogP contribution in [0.15, 0.2) is 28.7 Å². The van der Waals surface area contributed by atoms with Gasteiger partial charge in [-0.2, -0.15) is 0 Å². The molecule has 0 atom stereocenters. The SMILES string of the molecule is CCn1c(CCCN)cc2c(Br)cccc21. The molecule has 0 aliphatic rings. The maximum absolute atomic E-state index is 5.57. The molecule has 0 saturated carbocycles. The van der Waals surface area contributed by atoms with E-state index in [1.54, 1.807) is 0 Å². The second kappa shape index (κ2) is 5.02. The molecule has 0 saturated heterocycles. The summed E-state index contributed by atoms with van der Waals surface area (Å²) in [6.07, 6.45) is 2.11. The van der Waals surface area contributed by atoms with E-state index in [1.165, 1.54) is 21.1 Å². The number of fused-ring (bicyclic) bond motifs is 1. The summed E-state index contributed by atoms with van der Waals surface area (Å²) < 4.78 is 3.54. The summed E-state index contributed by atoms with van der Waals surface area (Å²) >= 11 is 3.60. The van der Waals surface area contributed by atoms with E-state index in [1.807, 2.05) is 0 Å². The quantitative estimate of drug-likeness (QED) is 0.915. The van der Waals surface area contributed by atoms with Crippen molar-refractivity contribution in [2.75, 3.05) is 6.54 Å². The average molecular weight is 281 g/mol. The third kappa shape index (κ3) is 2.02. The summed E-state index contributed by atoms with van der Waals surface area (Å²) in [7, 11) is 0. The number of halogens is 1. The van der Waals surface area contributed by atoms with Crippen molar-refractivity contribution in [1.29, 1.82) is 0 Å². The summed E-state index contributed by atoms with van der Waals surface area (Å²) in [4.78, 5) is 0. The van der Waals surface area contributed by atoms with Crippen LogP contribution in [0.1, 0.15) is 19.0 Å². The highest BCUT2D eigenvalue weighted by atomic mass is 79.9. The Morgan fingerprint density at radius 1 is 1.38 bits per heavy atom. The molecule has 0 aliphatic carbocycles. The van der Waals surface area contributed by atoms with Gasteiger partial charge in [-0.25, -0.2) is 0 Å². The molecule has 0 spiro atoms. The van der Waals surface area contributed by atoms with Gasteiger partial charge in [0.05, 0.1) is 0 Å². The first kappa shape index (κ1) is 11.7. The summed E-state index contributed by atoms with van der Waals surface area (Å²) in [5.74, 6) is 0. The number of aryl methyl sites for hydroxylation is 2. The fourth-order valence-corrected chi connectivity index (χ4v) is 2.64. The molecule has 0 fully saturated rings. The molecule has 16 heavy (non-hydrogen) atoms. The van der Waals surface area contributed by atoms with Crippen LogP contribution in [0, 0.1) is 0 Å². The highest BCUT2D eigenvalue weighted by Crippen LogP contribution is 2.27. The molecule has 1 heterocycles. The first-order valence-electron chi connectivity index (χ1n) is 5.74. The minimum Gasteiger partial charge on any atom is -0.345 e. The van der Waals surface area contributed by atoms with E-state index >= 15 is 0 Å². The van der Waals surface area contributed by atoms with Crippen LogP contribution >= 0.6 is 15.9 Å². The smallest absolute Gasteiger partial charge is 0.0493 e. The zero-order valence-corrected chi connectivity index (χ0v) is 11.1. The maximum Gasteiger partial charge on any atom is 0.0493 e. The number of nitrogens with zero attached hydrogens (tertiary/aromatic N) is 1. The van der Waals surface area contributed by atoms with Crippen LogP contribution in [-0.4, -0.2) is 11.1 Å². The number of aromatic nitrogens is 1. The zero-order chi connectivity index (χ0) is 11.5. The van der Waals surface area contributed by atoms with Crippen molar-refractivity contribution >= 4 is 26.8 Å². The van der Waals surface area contributed by atoms with Crippen LogP contribution < -0.4 is 5.73 Å². The van der Waals surface area contributed by atoms with Gasteiger partial charge in [0, 0.05) is 27.6 Å². The predicted molar refractivity (Wildman–Crippen MR) is 72.7 cm³/mol. The third-order valence-electron chi connectivity index (χ3n) is 2.93. The van der Waals surface area contributed by atoms with Gasteiger partial charge >= 0.3 is 0 Å². The Hall–Kier alpha value is -0.800. The van der Waals surface area contributed by atoms with E-state index in [0.29, 0.717) is 0 Å². The van der Waals surface area contributed by atoms with E-state index < -0.39 is 0 Å². The molecule has 86 valence electrons. The number of benzene rings is 1. The van der Waals surface area contributed by atoms with Gasteiger partial charge in [0.25, 0.3) is 0 Å². The Morgan fingerprint density at radius 3 is 2.88 bits per heavy atom. The van der Waals surface area contributed by atoms with Crippen molar-refractivity contribution < 1.29 is 0 Å². The van der Waals surface area contributed by atoms with Gasteiger partial charge in [0.2, 0.25) is 0 Å². The van der Waals surface area contributed by atoms with Crippen molar-refractivity contribution in [3.05, 3.63) is 34.4 Å². The lowest BCUT2D eigenvalue weighted by Gasteiger charge is -2.07. The van der Waals surface area contributed by atoms with Crippen molar-refractivity contribution in [2.45, 2.75) is 26.3 Å². The van der Waals surface area contributed by atoms with Crippen molar-refractivity contribution in [3.63, 3.8) is 0 Å². The van der Waals surface area contributed by atoms with E-state index in [-0.39, 0.29) is 0 Å². The fourth-order valence-electron chi connectivity index (χ4n) is 2.17. The molecule has 2 nitrogen and oxygen atoms in total. The third-order valence-corrected chi connectivity index (χ3v) is 3.62. The van der Waals surface area contributed by atoms with E-state index in [0.717, 1.165) is 25.9 Å². The maximum atomic E-state index is 5.57. The molecule has 3 heteroatoms. The van der Waals surface area contributed by atoms with Gasteiger partial charge < -0.3 is 10.3 Å². The molecule has 1 aromatic carbocycles. The van der Waals surface area contributed by atoms with Gasteiger partial charge in [0.15, 0.2) is 0 Å². The fraction of sp³-hybridized carbons (Fsp3) is 0.385. The van der Waals surface area contributed by atoms with Gasteiger partial charge in [0.1, 0.15) is 0 Å². The van der Waals surface area contributed by atoms with Crippen LogP contribution in [0.3, 0.4) is 0 Å². The van der Waals surface area contributed by atoms with E-state index in [9.17, 15) is 0 Å². The first-order valence-corrected chi connectivity index (χ1v) is 6.54. The molecular formula is C13H17BrN2. The monoisotopic (exact) mass is 280 g/mol. The molecule has 0 bridgehead atoms. The average Bonchev–Trinajstić information content (AvgIpc) is 2.65. The number of hydrogen-bond donors (Lipinski definition) is 1. The standard InChI is InChI=1S/C13H17BrN2/c1-2-16-10(5-4-8-15)9-11-12(14)6-3-7-13(11)16/h3,6-7,9H,2,4-5,8,15H2,1H3. The van der Waals surface area contributed by atoms with E-state index in [4.69, 9.17) is 5.73 Å². The summed E-state index contributed by atoms with van der Waals surface area (Å²) in [6, 6.07) is 8.63. The van der Waals surface area contributed by atoms with Gasteiger partial charge in [-0.3, -0.25) is 0 Å². The van der Waals surface area contributed by atoms with Crippen molar-refractivity contribution in [2.24, 2.45) is 5.73 Å². The summed E-state index contributed by atoms with van der Waals surface area (Å²) in [5.41, 5.74) is 8.27. The Bertz CT molecular complexity index is 488. The molecule has 2 rings (SSSR count). The molecule has 0 aliphatic heterocycles. The zero-order valence-electron chi connectivity index (χ0n) is 9.54. The second-order valence-electron chi connectivity index (χ2n) is 3.94. The molecule has 1 aromatic heterocycles. The van der Waals surface area contributed by atoms with Gasteiger partial charge in [-0.15, -0.1) is 0 Å². The molecule has 0 unspecified atom stereocenters. The number of hydrogen-bond acceptors (Lipinski definition) is 1. The van der Waals surface area contributed by atoms with Gasteiger partial charge in [-0.1, -0.05) is 22.0 Å². The van der Waals surface area contributed by atoms with Crippen LogP contribution in [0.25, 0.3) is 10.9 Å². The predicted octanol–water partition coefficient (Wildman–Crippen LogP) is 3.32.